The summed E-state index contributed by atoms with van der Waals surface area (Å²) in [5.74, 6) is -11.4. The number of carboxylic acid groups (broad SMARTS) is 1. The second-order valence-electron chi connectivity index (χ2n) is 3.15. The Morgan fingerprint density at radius 1 is 1.10 bits per heavy atom. The number of halogens is 4. The Morgan fingerprint density at radius 2 is 1.60 bits per heavy atom. The predicted octanol–water partition coefficient (Wildman–Crippen LogP) is 1.56. The predicted molar refractivity (Wildman–Crippen MR) is 63.4 cm³/mol. The van der Waals surface area contributed by atoms with Crippen molar-refractivity contribution in [1.82, 2.24) is 0 Å². The lowest BCUT2D eigenvalue weighted by molar-refractivity contribution is 0.0682. The summed E-state index contributed by atoms with van der Waals surface area (Å²) in [5, 5.41) is 8.45. The van der Waals surface area contributed by atoms with E-state index >= 15 is 0 Å². The third-order valence-electron chi connectivity index (χ3n) is 2.00. The second-order valence-corrected chi connectivity index (χ2v) is 3.15. The van der Waals surface area contributed by atoms with Gasteiger partial charge in [0.2, 0.25) is 11.6 Å². The summed E-state index contributed by atoms with van der Waals surface area (Å²) in [5.41, 5.74) is -1.72. The van der Waals surface area contributed by atoms with Crippen molar-refractivity contribution in [2.45, 2.75) is 0 Å². The Hall–Kier alpha value is -1.48. The third-order valence-corrected chi connectivity index (χ3v) is 2.00. The van der Waals surface area contributed by atoms with Crippen LogP contribution in [0.5, 0.6) is 5.75 Å². The van der Waals surface area contributed by atoms with Gasteiger partial charge >= 0.3 is 29.0 Å². The molecule has 0 aromatic heterocycles. The molecule has 1 N–H and O–H groups in total. The number of benzene rings is 1. The zero-order valence-electron chi connectivity index (χ0n) is 9.38. The molecular formula is C11H10F4MgO4. The van der Waals surface area contributed by atoms with E-state index in [1.165, 1.54) is 0 Å². The fraction of sp³-hybridized carbons (Fsp3) is 0.182. The van der Waals surface area contributed by atoms with Crippen LogP contribution >= 0.6 is 0 Å². The summed E-state index contributed by atoms with van der Waals surface area (Å²) in [7, 11) is 0. The molecular weight excluding hydrogens is 296 g/mol. The van der Waals surface area contributed by atoms with Gasteiger partial charge in [0.1, 0.15) is 18.8 Å². The van der Waals surface area contributed by atoms with Crippen molar-refractivity contribution < 1.29 is 36.9 Å². The molecule has 0 bridgehead atoms. The van der Waals surface area contributed by atoms with Gasteiger partial charge < -0.3 is 14.6 Å². The fourth-order valence-corrected chi connectivity index (χ4v) is 1.20. The van der Waals surface area contributed by atoms with E-state index in [-0.39, 0.29) is 29.7 Å². The molecule has 0 amide bonds. The van der Waals surface area contributed by atoms with Crippen molar-refractivity contribution in [3.8, 4) is 5.75 Å². The van der Waals surface area contributed by atoms with Crippen molar-refractivity contribution in [2.75, 3.05) is 13.2 Å². The normalized spacial score (nSPS) is 9.60. The van der Waals surface area contributed by atoms with Gasteiger partial charge in [0.25, 0.3) is 0 Å². The van der Waals surface area contributed by atoms with Crippen LogP contribution < -0.4 is 4.74 Å². The van der Waals surface area contributed by atoms with Crippen LogP contribution in [0.4, 0.5) is 17.6 Å². The lowest BCUT2D eigenvalue weighted by atomic mass is 10.1. The van der Waals surface area contributed by atoms with Crippen LogP contribution in [0.15, 0.2) is 12.8 Å². The Morgan fingerprint density at radius 3 is 2.00 bits per heavy atom. The first-order valence-corrected chi connectivity index (χ1v) is 4.86. The zero-order chi connectivity index (χ0) is 14.6. The number of ether oxygens (including phenoxy) is 2. The number of carbonyl (C=O) groups is 1. The van der Waals surface area contributed by atoms with Crippen molar-refractivity contribution >= 4 is 29.0 Å². The number of carboxylic acids is 1. The van der Waals surface area contributed by atoms with Crippen LogP contribution in [0.1, 0.15) is 10.4 Å². The Labute approximate surface area is 127 Å². The van der Waals surface area contributed by atoms with Gasteiger partial charge in [-0.25, -0.2) is 13.6 Å². The number of hydrogen-bond acceptors (Lipinski definition) is 3. The summed E-state index contributed by atoms with van der Waals surface area (Å²) in [6.07, 6.45) is 1.03. The highest BCUT2D eigenvalue weighted by Gasteiger charge is 2.30. The maximum atomic E-state index is 13.3. The summed E-state index contributed by atoms with van der Waals surface area (Å²) >= 11 is 0. The van der Waals surface area contributed by atoms with Crippen LogP contribution in [0.25, 0.3) is 0 Å². The SMILES string of the molecule is C=COCCOc1c(F)c(F)c(C(=O)O)c(F)c1F.[MgH2]. The van der Waals surface area contributed by atoms with E-state index in [9.17, 15) is 22.4 Å². The van der Waals surface area contributed by atoms with Crippen LogP contribution in [0.2, 0.25) is 0 Å². The van der Waals surface area contributed by atoms with Crippen LogP contribution in [-0.4, -0.2) is 47.3 Å². The minimum atomic E-state index is -2.13. The molecule has 0 unspecified atom stereocenters. The Balaban J connectivity index is 0.00000361. The van der Waals surface area contributed by atoms with Gasteiger partial charge in [0.05, 0.1) is 6.26 Å². The van der Waals surface area contributed by atoms with E-state index in [0.29, 0.717) is 0 Å². The molecule has 0 heterocycles. The highest BCUT2D eigenvalue weighted by Crippen LogP contribution is 2.29. The molecule has 0 atom stereocenters. The van der Waals surface area contributed by atoms with Gasteiger partial charge in [-0.3, -0.25) is 0 Å². The molecule has 0 aliphatic rings. The van der Waals surface area contributed by atoms with Crippen LogP contribution in [0.3, 0.4) is 0 Å². The molecule has 4 nitrogen and oxygen atoms in total. The zero-order valence-corrected chi connectivity index (χ0v) is 9.38. The first-order valence-electron chi connectivity index (χ1n) is 4.86. The standard InChI is InChI=1S/C11H8F4O4.Mg.2H/c1-2-18-3-4-19-10-8(14)6(12)5(11(16)17)7(13)9(10)15;;;/h2H,1,3-4H2,(H,16,17);;;. The van der Waals surface area contributed by atoms with E-state index in [0.717, 1.165) is 6.26 Å². The van der Waals surface area contributed by atoms with Gasteiger partial charge in [-0.1, -0.05) is 6.58 Å². The maximum absolute atomic E-state index is 13.3. The van der Waals surface area contributed by atoms with Gasteiger partial charge in [-0.15, -0.1) is 0 Å². The average Bonchev–Trinajstić information content (AvgIpc) is 2.35. The number of hydrogen-bond donors (Lipinski definition) is 1. The Bertz CT molecular complexity index is 493. The molecule has 0 saturated heterocycles. The molecule has 0 aliphatic carbocycles. The molecule has 1 aromatic rings. The first kappa shape index (κ1) is 18.5. The molecule has 9 heteroatoms. The van der Waals surface area contributed by atoms with E-state index in [2.05, 4.69) is 16.1 Å². The quantitative estimate of drug-likeness (QED) is 0.285. The number of rotatable bonds is 6. The topological polar surface area (TPSA) is 55.8 Å². The van der Waals surface area contributed by atoms with Crippen molar-refractivity contribution in [1.29, 1.82) is 0 Å². The van der Waals surface area contributed by atoms with E-state index in [1.807, 2.05) is 0 Å². The van der Waals surface area contributed by atoms with Gasteiger partial charge in [0.15, 0.2) is 17.4 Å². The Kier molecular flexibility index (Phi) is 7.36. The van der Waals surface area contributed by atoms with Crippen LogP contribution in [0, 0.1) is 23.3 Å². The highest BCUT2D eigenvalue weighted by atomic mass is 24.3. The molecule has 0 fully saturated rings. The summed E-state index contributed by atoms with van der Waals surface area (Å²) in [6, 6.07) is 0. The summed E-state index contributed by atoms with van der Waals surface area (Å²) in [4.78, 5) is 10.5. The number of aromatic carboxylic acids is 1. The highest BCUT2D eigenvalue weighted by molar-refractivity contribution is 5.88. The lowest BCUT2D eigenvalue weighted by Crippen LogP contribution is -2.14. The molecule has 0 aliphatic heterocycles. The van der Waals surface area contributed by atoms with Gasteiger partial charge in [-0.05, 0) is 0 Å². The van der Waals surface area contributed by atoms with Crippen molar-refractivity contribution in [2.24, 2.45) is 0 Å². The summed E-state index contributed by atoms with van der Waals surface area (Å²) < 4.78 is 62.2. The maximum Gasteiger partial charge on any atom is 0.341 e. The molecule has 1 rings (SSSR count). The average molecular weight is 306 g/mol. The molecule has 20 heavy (non-hydrogen) atoms. The van der Waals surface area contributed by atoms with Gasteiger partial charge in [0, 0.05) is 0 Å². The smallest absolute Gasteiger partial charge is 0.341 e. The van der Waals surface area contributed by atoms with E-state index in [4.69, 9.17) is 5.11 Å². The van der Waals surface area contributed by atoms with E-state index < -0.39 is 47.2 Å². The van der Waals surface area contributed by atoms with E-state index in [1.54, 1.807) is 0 Å². The largest absolute Gasteiger partial charge is 0.498 e. The minimum Gasteiger partial charge on any atom is -0.498 e. The van der Waals surface area contributed by atoms with Crippen LogP contribution in [-0.2, 0) is 4.74 Å². The second kappa shape index (κ2) is 7.95. The fourth-order valence-electron chi connectivity index (χ4n) is 1.20. The molecule has 0 saturated carbocycles. The molecule has 0 radical (unpaired) electrons. The minimum absolute atomic E-state index is 0. The first-order chi connectivity index (χ1) is 8.91. The molecule has 1 aromatic carbocycles. The van der Waals surface area contributed by atoms with Crippen molar-refractivity contribution in [3.05, 3.63) is 41.7 Å². The molecule has 108 valence electrons. The molecule has 0 spiro atoms. The van der Waals surface area contributed by atoms with Crippen molar-refractivity contribution in [3.63, 3.8) is 0 Å². The van der Waals surface area contributed by atoms with Gasteiger partial charge in [-0.2, -0.15) is 8.78 Å². The summed E-state index contributed by atoms with van der Waals surface area (Å²) in [6.45, 7) is 2.62. The monoisotopic (exact) mass is 306 g/mol. The third kappa shape index (κ3) is 3.76. The lowest BCUT2D eigenvalue weighted by Gasteiger charge is -2.11.